The third-order valence-electron chi connectivity index (χ3n) is 9.36. The van der Waals surface area contributed by atoms with Crippen molar-refractivity contribution < 1.29 is 4.39 Å². The van der Waals surface area contributed by atoms with Crippen molar-refractivity contribution in [1.29, 1.82) is 0 Å². The van der Waals surface area contributed by atoms with Crippen LogP contribution in [-0.4, -0.2) is 6.67 Å². The third kappa shape index (κ3) is 7.93. The molecule has 2 fully saturated rings. The summed E-state index contributed by atoms with van der Waals surface area (Å²) < 4.78 is 12.2. The Kier molecular flexibility index (Phi) is 10.7. The van der Waals surface area contributed by atoms with Crippen LogP contribution in [0.1, 0.15) is 133 Å². The molecule has 0 aliphatic heterocycles. The van der Waals surface area contributed by atoms with Gasteiger partial charge in [-0.2, -0.15) is 0 Å². The molecular weight excluding hydrogens is 427 g/mol. The van der Waals surface area contributed by atoms with Crippen molar-refractivity contribution in [1.82, 2.24) is 0 Å². The average molecular weight is 477 g/mol. The zero-order valence-corrected chi connectivity index (χ0v) is 22.3. The molecule has 2 aliphatic rings. The van der Waals surface area contributed by atoms with E-state index < -0.39 is 0 Å². The smallest absolute Gasteiger partial charge is 0.0894 e. The number of alkyl halides is 1. The first-order chi connectivity index (χ1) is 17.3. The van der Waals surface area contributed by atoms with Crippen LogP contribution in [0.4, 0.5) is 4.39 Å². The van der Waals surface area contributed by atoms with Crippen LogP contribution in [0.15, 0.2) is 48.5 Å². The van der Waals surface area contributed by atoms with Gasteiger partial charge in [-0.15, -0.1) is 0 Å². The van der Waals surface area contributed by atoms with Gasteiger partial charge in [-0.3, -0.25) is 4.39 Å². The standard InChI is InChI=1S/C34H49F/c1-2-27-10-14-29(15-11-27)31-18-22-33(23-19-31)34-24-20-32(21-25-34)30-16-12-28(13-17-30)9-7-5-3-4-6-8-26-35/h18-25,27-30H,2-17,26H2,1H3. The molecule has 0 spiro atoms. The van der Waals surface area contributed by atoms with Gasteiger partial charge in [-0.05, 0) is 104 Å². The molecule has 0 heterocycles. The average Bonchev–Trinajstić information content (AvgIpc) is 2.93. The topological polar surface area (TPSA) is 0 Å². The van der Waals surface area contributed by atoms with Crippen LogP contribution in [0.2, 0.25) is 0 Å². The molecule has 0 radical (unpaired) electrons. The summed E-state index contributed by atoms with van der Waals surface area (Å²) in [6.45, 7) is 2.21. The Morgan fingerprint density at radius 3 is 1.43 bits per heavy atom. The quantitative estimate of drug-likeness (QED) is 0.267. The first kappa shape index (κ1) is 26.4. The summed E-state index contributed by atoms with van der Waals surface area (Å²) >= 11 is 0. The number of hydrogen-bond acceptors (Lipinski definition) is 0. The predicted molar refractivity (Wildman–Crippen MR) is 150 cm³/mol. The van der Waals surface area contributed by atoms with E-state index in [2.05, 4.69) is 55.5 Å². The van der Waals surface area contributed by atoms with Crippen molar-refractivity contribution in [2.45, 2.75) is 121 Å². The minimum atomic E-state index is -0.140. The van der Waals surface area contributed by atoms with Crippen LogP contribution in [0.25, 0.3) is 11.1 Å². The van der Waals surface area contributed by atoms with Gasteiger partial charge in [0.25, 0.3) is 0 Å². The zero-order valence-electron chi connectivity index (χ0n) is 22.3. The van der Waals surface area contributed by atoms with Gasteiger partial charge in [-0.1, -0.05) is 100 Å². The van der Waals surface area contributed by atoms with Crippen molar-refractivity contribution in [3.63, 3.8) is 0 Å². The van der Waals surface area contributed by atoms with Gasteiger partial charge in [0.15, 0.2) is 0 Å². The molecule has 0 saturated heterocycles. The van der Waals surface area contributed by atoms with Gasteiger partial charge in [0.05, 0.1) is 6.67 Å². The Labute approximate surface area is 215 Å². The number of unbranched alkanes of at least 4 members (excludes halogenated alkanes) is 5. The third-order valence-corrected chi connectivity index (χ3v) is 9.36. The minimum Gasteiger partial charge on any atom is -0.251 e. The summed E-state index contributed by atoms with van der Waals surface area (Å²) in [7, 11) is 0. The lowest BCUT2D eigenvalue weighted by atomic mass is 9.76. The fourth-order valence-electron chi connectivity index (χ4n) is 6.82. The molecule has 4 rings (SSSR count). The molecule has 0 atom stereocenters. The van der Waals surface area contributed by atoms with Gasteiger partial charge in [0.2, 0.25) is 0 Å². The molecule has 0 N–H and O–H groups in total. The van der Waals surface area contributed by atoms with E-state index in [-0.39, 0.29) is 6.67 Å². The van der Waals surface area contributed by atoms with E-state index in [1.165, 1.54) is 101 Å². The number of hydrogen-bond donors (Lipinski definition) is 0. The molecule has 2 aliphatic carbocycles. The first-order valence-corrected chi connectivity index (χ1v) is 15.0. The van der Waals surface area contributed by atoms with E-state index >= 15 is 0 Å². The maximum absolute atomic E-state index is 12.2. The molecule has 2 aromatic carbocycles. The monoisotopic (exact) mass is 476 g/mol. The summed E-state index contributed by atoms with van der Waals surface area (Å²) in [5, 5.41) is 0. The highest BCUT2D eigenvalue weighted by Crippen LogP contribution is 2.39. The van der Waals surface area contributed by atoms with Crippen LogP contribution in [0.5, 0.6) is 0 Å². The summed E-state index contributed by atoms with van der Waals surface area (Å²) in [5.41, 5.74) is 5.81. The Morgan fingerprint density at radius 1 is 0.543 bits per heavy atom. The summed E-state index contributed by atoms with van der Waals surface area (Å²) in [4.78, 5) is 0. The van der Waals surface area contributed by atoms with E-state index in [0.29, 0.717) is 0 Å². The highest BCUT2D eigenvalue weighted by molar-refractivity contribution is 5.64. The fraction of sp³-hybridized carbons (Fsp3) is 0.647. The van der Waals surface area contributed by atoms with Gasteiger partial charge in [0, 0.05) is 0 Å². The molecule has 0 unspecified atom stereocenters. The van der Waals surface area contributed by atoms with E-state index in [9.17, 15) is 4.39 Å². The number of benzene rings is 2. The lowest BCUT2D eigenvalue weighted by Gasteiger charge is -2.29. The fourth-order valence-corrected chi connectivity index (χ4v) is 6.82. The number of rotatable bonds is 12. The molecule has 0 bridgehead atoms. The van der Waals surface area contributed by atoms with Crippen molar-refractivity contribution >= 4 is 0 Å². The van der Waals surface area contributed by atoms with Crippen LogP contribution < -0.4 is 0 Å². The Bertz CT molecular complexity index is 820. The normalized spacial score (nSPS) is 25.0. The summed E-state index contributed by atoms with van der Waals surface area (Å²) in [6, 6.07) is 19.0. The van der Waals surface area contributed by atoms with Gasteiger partial charge in [0.1, 0.15) is 0 Å². The van der Waals surface area contributed by atoms with E-state index in [1.54, 1.807) is 11.1 Å². The summed E-state index contributed by atoms with van der Waals surface area (Å²) in [5.74, 6) is 3.43. The minimum absolute atomic E-state index is 0.140. The van der Waals surface area contributed by atoms with E-state index in [1.807, 2.05) is 0 Å². The van der Waals surface area contributed by atoms with Crippen molar-refractivity contribution in [2.24, 2.45) is 11.8 Å². The van der Waals surface area contributed by atoms with Crippen LogP contribution in [-0.2, 0) is 0 Å². The van der Waals surface area contributed by atoms with Crippen LogP contribution in [0, 0.1) is 11.8 Å². The lowest BCUT2D eigenvalue weighted by molar-refractivity contribution is 0.301. The van der Waals surface area contributed by atoms with Crippen LogP contribution in [0.3, 0.4) is 0 Å². The Morgan fingerprint density at radius 2 is 0.971 bits per heavy atom. The van der Waals surface area contributed by atoms with E-state index in [4.69, 9.17) is 0 Å². The Balaban J connectivity index is 1.19. The largest absolute Gasteiger partial charge is 0.251 e. The first-order valence-electron chi connectivity index (χ1n) is 15.0. The molecule has 0 aromatic heterocycles. The molecule has 2 aromatic rings. The maximum atomic E-state index is 12.2. The van der Waals surface area contributed by atoms with Crippen molar-refractivity contribution in [2.75, 3.05) is 6.67 Å². The Hall–Kier alpha value is -1.63. The SMILES string of the molecule is CCC1CCC(c2ccc(-c3ccc(C4CCC(CCCCCCCCF)CC4)cc3)cc2)CC1. The molecular formula is C34H49F. The highest BCUT2D eigenvalue weighted by atomic mass is 19.1. The van der Waals surface area contributed by atoms with Gasteiger partial charge in [-0.25, -0.2) is 0 Å². The van der Waals surface area contributed by atoms with E-state index in [0.717, 1.165) is 36.5 Å². The summed E-state index contributed by atoms with van der Waals surface area (Å²) in [6.07, 6.45) is 20.9. The molecule has 0 amide bonds. The van der Waals surface area contributed by atoms with Crippen molar-refractivity contribution in [3.05, 3.63) is 59.7 Å². The molecule has 0 nitrogen and oxygen atoms in total. The number of halogens is 1. The zero-order chi connectivity index (χ0) is 24.3. The lowest BCUT2D eigenvalue weighted by Crippen LogP contribution is -2.13. The second-order valence-electron chi connectivity index (χ2n) is 11.7. The van der Waals surface area contributed by atoms with Crippen LogP contribution >= 0.6 is 0 Å². The van der Waals surface area contributed by atoms with Gasteiger partial charge < -0.3 is 0 Å². The molecule has 1 heteroatoms. The highest BCUT2D eigenvalue weighted by Gasteiger charge is 2.23. The molecule has 2 saturated carbocycles. The molecule has 192 valence electrons. The van der Waals surface area contributed by atoms with Gasteiger partial charge >= 0.3 is 0 Å². The van der Waals surface area contributed by atoms with Crippen molar-refractivity contribution in [3.8, 4) is 11.1 Å². The second-order valence-corrected chi connectivity index (χ2v) is 11.7. The molecule has 35 heavy (non-hydrogen) atoms. The predicted octanol–water partition coefficient (Wildman–Crippen LogP) is 11.0. The second kappa shape index (κ2) is 14.2. The maximum Gasteiger partial charge on any atom is 0.0894 e.